The Morgan fingerprint density at radius 1 is 0.453 bits per heavy atom. The third-order valence-corrected chi connectivity index (χ3v) is 10.8. The second-order valence-electron chi connectivity index (χ2n) is 15.6. The summed E-state index contributed by atoms with van der Waals surface area (Å²) in [5, 5.41) is 10.6. The van der Waals surface area contributed by atoms with E-state index in [0.29, 0.717) is 59.8 Å². The SMILES string of the molecule is CN(CCCOc1ccc(C(=O)c2ccccc2)cc1)c1ccc(C(=O)OCCCCCCOC(O)c2ccc(N(C)CCCOc3ccc(C(=O)c4ccccc4)cc3)cc2)cc1. The van der Waals surface area contributed by atoms with Crippen LogP contribution < -0.4 is 19.3 Å². The zero-order valence-electron chi connectivity index (χ0n) is 36.8. The maximum absolute atomic E-state index is 12.6. The predicted octanol–water partition coefficient (Wildman–Crippen LogP) is 10.4. The van der Waals surface area contributed by atoms with Crippen LogP contribution in [0, 0.1) is 0 Å². The Hall–Kier alpha value is -6.75. The fourth-order valence-corrected chi connectivity index (χ4v) is 7.00. The van der Waals surface area contributed by atoms with Gasteiger partial charge in [0.15, 0.2) is 17.9 Å². The lowest BCUT2D eigenvalue weighted by molar-refractivity contribution is -0.104. The number of esters is 1. The van der Waals surface area contributed by atoms with Gasteiger partial charge in [-0.05, 0) is 117 Å². The second-order valence-corrected chi connectivity index (χ2v) is 15.6. The van der Waals surface area contributed by atoms with Crippen LogP contribution in [0.15, 0.2) is 158 Å². The number of benzene rings is 6. The Morgan fingerprint density at radius 2 is 0.859 bits per heavy atom. The first-order valence-corrected chi connectivity index (χ1v) is 22.0. The van der Waals surface area contributed by atoms with Crippen LogP contribution in [0.5, 0.6) is 11.5 Å². The summed E-state index contributed by atoms with van der Waals surface area (Å²) in [6.07, 6.45) is 3.91. The molecule has 0 aromatic heterocycles. The Bertz CT molecular complexity index is 2320. The molecule has 6 rings (SSSR count). The number of anilines is 2. The van der Waals surface area contributed by atoms with Gasteiger partial charge in [-0.15, -0.1) is 0 Å². The summed E-state index contributed by atoms with van der Waals surface area (Å²) in [7, 11) is 4.02. The van der Waals surface area contributed by atoms with Gasteiger partial charge in [0.05, 0.1) is 32.0 Å². The highest BCUT2D eigenvalue weighted by Gasteiger charge is 2.13. The van der Waals surface area contributed by atoms with Gasteiger partial charge in [0.2, 0.25) is 0 Å². The molecule has 0 bridgehead atoms. The molecular weight excluding hydrogens is 805 g/mol. The summed E-state index contributed by atoms with van der Waals surface area (Å²) in [5.74, 6) is 1.08. The van der Waals surface area contributed by atoms with Crippen LogP contribution in [0.3, 0.4) is 0 Å². The van der Waals surface area contributed by atoms with Gasteiger partial charge in [-0.1, -0.05) is 79.2 Å². The van der Waals surface area contributed by atoms with E-state index in [0.717, 1.165) is 74.5 Å². The van der Waals surface area contributed by atoms with Gasteiger partial charge < -0.3 is 33.9 Å². The van der Waals surface area contributed by atoms with Gasteiger partial charge in [-0.3, -0.25) is 9.59 Å². The number of aliphatic hydroxyl groups excluding tert-OH is 1. The molecule has 0 saturated heterocycles. The Morgan fingerprint density at radius 3 is 1.33 bits per heavy atom. The molecule has 1 unspecified atom stereocenters. The molecule has 10 nitrogen and oxygen atoms in total. The number of ether oxygens (including phenoxy) is 4. The van der Waals surface area contributed by atoms with Crippen LogP contribution >= 0.6 is 0 Å². The Labute approximate surface area is 377 Å². The molecule has 0 saturated carbocycles. The molecule has 0 heterocycles. The third-order valence-electron chi connectivity index (χ3n) is 10.8. The smallest absolute Gasteiger partial charge is 0.338 e. The van der Waals surface area contributed by atoms with Crippen LogP contribution in [0.1, 0.15) is 92.6 Å². The quantitative estimate of drug-likeness (QED) is 0.0245. The van der Waals surface area contributed by atoms with Gasteiger partial charge in [0, 0.05) is 66.4 Å². The minimum Gasteiger partial charge on any atom is -0.494 e. The molecular formula is C54H58N2O8. The minimum absolute atomic E-state index is 0.0103. The summed E-state index contributed by atoms with van der Waals surface area (Å²) < 4.78 is 23.0. The van der Waals surface area contributed by atoms with Crippen LogP contribution in [-0.2, 0) is 9.47 Å². The van der Waals surface area contributed by atoms with Crippen molar-refractivity contribution in [1.82, 2.24) is 0 Å². The molecule has 6 aromatic rings. The third kappa shape index (κ3) is 14.4. The highest BCUT2D eigenvalue weighted by Crippen LogP contribution is 2.22. The predicted molar refractivity (Wildman–Crippen MR) is 252 cm³/mol. The van der Waals surface area contributed by atoms with E-state index in [9.17, 15) is 19.5 Å². The van der Waals surface area contributed by atoms with E-state index in [1.165, 1.54) is 0 Å². The highest BCUT2D eigenvalue weighted by atomic mass is 16.6. The molecule has 1 N–H and O–H groups in total. The number of hydrogen-bond acceptors (Lipinski definition) is 10. The summed E-state index contributed by atoms with van der Waals surface area (Å²) >= 11 is 0. The first kappa shape index (κ1) is 46.7. The number of carbonyl (C=O) groups excluding carboxylic acids is 3. The average Bonchev–Trinajstić information content (AvgIpc) is 3.35. The summed E-state index contributed by atoms with van der Waals surface area (Å²) in [6, 6.07) is 48.0. The topological polar surface area (TPSA) is 115 Å². The van der Waals surface area contributed by atoms with Crippen molar-refractivity contribution < 1.29 is 38.4 Å². The number of aliphatic hydroxyl groups is 1. The van der Waals surface area contributed by atoms with Crippen molar-refractivity contribution in [2.75, 3.05) is 63.4 Å². The molecule has 0 aliphatic carbocycles. The van der Waals surface area contributed by atoms with Crippen molar-refractivity contribution >= 4 is 28.9 Å². The van der Waals surface area contributed by atoms with Gasteiger partial charge in [-0.2, -0.15) is 0 Å². The van der Waals surface area contributed by atoms with Gasteiger partial charge in [-0.25, -0.2) is 4.79 Å². The van der Waals surface area contributed by atoms with E-state index < -0.39 is 6.29 Å². The zero-order valence-corrected chi connectivity index (χ0v) is 36.8. The number of rotatable bonds is 26. The van der Waals surface area contributed by atoms with Crippen molar-refractivity contribution in [3.8, 4) is 11.5 Å². The Kier molecular flexibility index (Phi) is 18.1. The van der Waals surface area contributed by atoms with Gasteiger partial charge in [0.1, 0.15) is 11.5 Å². The molecule has 0 amide bonds. The van der Waals surface area contributed by atoms with E-state index in [1.54, 1.807) is 36.4 Å². The van der Waals surface area contributed by atoms with Crippen LogP contribution in [0.25, 0.3) is 0 Å². The first-order chi connectivity index (χ1) is 31.2. The monoisotopic (exact) mass is 862 g/mol. The lowest BCUT2D eigenvalue weighted by atomic mass is 10.0. The Balaban J connectivity index is 0.772. The van der Waals surface area contributed by atoms with Crippen molar-refractivity contribution in [2.24, 2.45) is 0 Å². The van der Waals surface area contributed by atoms with E-state index in [2.05, 4.69) is 9.80 Å². The van der Waals surface area contributed by atoms with Gasteiger partial charge >= 0.3 is 5.97 Å². The number of hydrogen-bond donors (Lipinski definition) is 1. The number of unbranched alkanes of at least 4 members (excludes halogenated alkanes) is 3. The van der Waals surface area contributed by atoms with Gasteiger partial charge in [0.25, 0.3) is 0 Å². The normalized spacial score (nSPS) is 11.4. The van der Waals surface area contributed by atoms with E-state index >= 15 is 0 Å². The van der Waals surface area contributed by atoms with E-state index in [4.69, 9.17) is 18.9 Å². The molecule has 1 atom stereocenters. The number of ketones is 2. The largest absolute Gasteiger partial charge is 0.494 e. The molecule has 0 radical (unpaired) electrons. The highest BCUT2D eigenvalue weighted by molar-refractivity contribution is 6.09. The maximum atomic E-state index is 12.6. The number of nitrogens with zero attached hydrogens (tertiary/aromatic N) is 2. The fraction of sp³-hybridized carbons (Fsp3) is 0.278. The maximum Gasteiger partial charge on any atom is 0.338 e. The van der Waals surface area contributed by atoms with Crippen molar-refractivity contribution in [1.29, 1.82) is 0 Å². The molecule has 332 valence electrons. The molecule has 6 aromatic carbocycles. The molecule has 10 heteroatoms. The standard InChI is InChI=1S/C54H58N2O8/c1-55(35-13-39-61-49-31-23-43(24-32-49)51(57)41-15-7-5-8-16-41)47-27-19-45(20-28-47)53(59)63-37-11-3-4-12-38-64-54(60)46-21-29-48(30-22-46)56(2)36-14-40-62-50-33-25-44(26-34-50)52(58)42-17-9-6-10-18-42/h5-10,15-34,53,59H,3-4,11-14,35-40H2,1-2H3. The van der Waals surface area contributed by atoms with E-state index in [-0.39, 0.29) is 17.5 Å². The lowest BCUT2D eigenvalue weighted by Crippen LogP contribution is -2.20. The van der Waals surface area contributed by atoms with Crippen molar-refractivity contribution in [3.63, 3.8) is 0 Å². The minimum atomic E-state index is -1.00. The van der Waals surface area contributed by atoms with Crippen molar-refractivity contribution in [2.45, 2.75) is 44.8 Å². The van der Waals surface area contributed by atoms with Crippen LogP contribution in [0.2, 0.25) is 0 Å². The number of carbonyl (C=O) groups is 3. The summed E-state index contributed by atoms with van der Waals surface area (Å²) in [5.41, 5.74) is 5.81. The zero-order chi connectivity index (χ0) is 44.9. The fourth-order valence-electron chi connectivity index (χ4n) is 7.00. The molecule has 0 spiro atoms. The molecule has 0 aliphatic heterocycles. The summed E-state index contributed by atoms with van der Waals surface area (Å²) in [6.45, 7) is 3.39. The van der Waals surface area contributed by atoms with Crippen molar-refractivity contribution in [3.05, 3.63) is 191 Å². The average molecular weight is 863 g/mol. The van der Waals surface area contributed by atoms with Crippen LogP contribution in [-0.4, -0.2) is 76.3 Å². The summed E-state index contributed by atoms with van der Waals surface area (Å²) in [4.78, 5) is 42.1. The first-order valence-electron chi connectivity index (χ1n) is 22.0. The van der Waals surface area contributed by atoms with Crippen LogP contribution in [0.4, 0.5) is 11.4 Å². The molecule has 0 aliphatic rings. The van der Waals surface area contributed by atoms with E-state index in [1.807, 2.05) is 135 Å². The molecule has 0 fully saturated rings. The molecule has 64 heavy (non-hydrogen) atoms. The second kappa shape index (κ2) is 24.8. The lowest BCUT2D eigenvalue weighted by Gasteiger charge is -2.20.